The second-order valence-corrected chi connectivity index (χ2v) is 7.01. The fourth-order valence-corrected chi connectivity index (χ4v) is 4.04. The van der Waals surface area contributed by atoms with E-state index in [1.807, 2.05) is 24.3 Å². The monoisotopic (exact) mass is 380 g/mol. The lowest BCUT2D eigenvalue weighted by molar-refractivity contribution is 0.0976. The number of aliphatic hydroxyl groups excluding tert-OH is 1. The predicted octanol–water partition coefficient (Wildman–Crippen LogP) is 3.64. The van der Waals surface area contributed by atoms with Crippen molar-refractivity contribution < 1.29 is 19.1 Å². The Morgan fingerprint density at radius 2 is 2.00 bits per heavy atom. The predicted molar refractivity (Wildman–Crippen MR) is 102 cm³/mol. The molecule has 0 atom stereocenters. The van der Waals surface area contributed by atoms with Crippen LogP contribution in [0.25, 0.3) is 0 Å². The average Bonchev–Trinajstić information content (AvgIpc) is 3.18. The number of nitrogens with one attached hydrogen (secondary N) is 1. The van der Waals surface area contributed by atoms with E-state index in [4.69, 9.17) is 4.42 Å². The highest BCUT2D eigenvalue weighted by atomic mass is 32.2. The number of furan rings is 1. The van der Waals surface area contributed by atoms with E-state index in [9.17, 15) is 14.7 Å². The molecule has 0 bridgehead atoms. The summed E-state index contributed by atoms with van der Waals surface area (Å²) in [7, 11) is 0. The van der Waals surface area contributed by atoms with Crippen molar-refractivity contribution in [2.24, 2.45) is 0 Å². The molecule has 136 valence electrons. The van der Waals surface area contributed by atoms with E-state index < -0.39 is 0 Å². The molecule has 3 aromatic rings. The van der Waals surface area contributed by atoms with E-state index in [1.54, 1.807) is 29.2 Å². The van der Waals surface area contributed by atoms with Crippen molar-refractivity contribution in [3.8, 4) is 0 Å². The molecule has 1 aromatic heterocycles. The molecule has 0 unspecified atom stereocenters. The number of nitrogens with zero attached hydrogens (tertiary/aromatic N) is 1. The van der Waals surface area contributed by atoms with Crippen LogP contribution in [0.1, 0.15) is 20.7 Å². The first-order valence-electron chi connectivity index (χ1n) is 8.34. The summed E-state index contributed by atoms with van der Waals surface area (Å²) in [6.45, 7) is 0.0540. The Hall–Kier alpha value is -3.03. The molecule has 1 aliphatic rings. The van der Waals surface area contributed by atoms with Crippen LogP contribution in [0.15, 0.2) is 75.3 Å². The van der Waals surface area contributed by atoms with Gasteiger partial charge in [-0.1, -0.05) is 23.9 Å². The Kier molecular flexibility index (Phi) is 4.70. The Labute approximate surface area is 159 Å². The van der Waals surface area contributed by atoms with E-state index in [1.165, 1.54) is 24.3 Å². The van der Waals surface area contributed by atoms with E-state index in [-0.39, 0.29) is 25.0 Å². The summed E-state index contributed by atoms with van der Waals surface area (Å²) in [6.07, 6.45) is 2.82. The van der Waals surface area contributed by atoms with E-state index in [2.05, 4.69) is 5.32 Å². The number of hydrogen-bond donors (Lipinski definition) is 2. The lowest BCUT2D eigenvalue weighted by Gasteiger charge is -2.22. The molecule has 6 nitrogen and oxygen atoms in total. The van der Waals surface area contributed by atoms with Crippen molar-refractivity contribution in [2.75, 3.05) is 23.4 Å². The highest BCUT2D eigenvalue weighted by Gasteiger charge is 2.27. The standard InChI is InChI=1S/C20H16N2O4S/c23-9-8-22-16-6-5-14(21-19(24)13-7-10-26-12-13)11-18(16)27-17-4-2-1-3-15(17)20(22)25/h1-7,10-12,23H,8-9H2,(H,21,24). The van der Waals surface area contributed by atoms with Crippen molar-refractivity contribution in [3.05, 3.63) is 72.2 Å². The van der Waals surface area contributed by atoms with Crippen LogP contribution in [0.5, 0.6) is 0 Å². The van der Waals surface area contributed by atoms with Gasteiger partial charge in [0, 0.05) is 22.0 Å². The number of carbonyl (C=O) groups is 2. The average molecular weight is 380 g/mol. The number of amides is 2. The quantitative estimate of drug-likeness (QED) is 0.722. The minimum absolute atomic E-state index is 0.142. The molecule has 2 heterocycles. The summed E-state index contributed by atoms with van der Waals surface area (Å²) in [5, 5.41) is 12.2. The van der Waals surface area contributed by atoms with Gasteiger partial charge in [-0.3, -0.25) is 9.59 Å². The molecule has 0 saturated carbocycles. The Morgan fingerprint density at radius 1 is 1.15 bits per heavy atom. The molecular formula is C20H16N2O4S. The van der Waals surface area contributed by atoms with Gasteiger partial charge in [-0.25, -0.2) is 0 Å². The molecule has 27 heavy (non-hydrogen) atoms. The normalized spacial score (nSPS) is 12.9. The van der Waals surface area contributed by atoms with Crippen LogP contribution in [0.2, 0.25) is 0 Å². The minimum atomic E-state index is -0.272. The van der Waals surface area contributed by atoms with Crippen molar-refractivity contribution in [1.29, 1.82) is 0 Å². The van der Waals surface area contributed by atoms with Gasteiger partial charge in [0.25, 0.3) is 11.8 Å². The van der Waals surface area contributed by atoms with Gasteiger partial charge in [0.2, 0.25) is 0 Å². The summed E-state index contributed by atoms with van der Waals surface area (Å²) >= 11 is 1.46. The van der Waals surface area contributed by atoms with Gasteiger partial charge in [-0.15, -0.1) is 0 Å². The summed E-state index contributed by atoms with van der Waals surface area (Å²) in [4.78, 5) is 28.4. The zero-order valence-electron chi connectivity index (χ0n) is 14.2. The van der Waals surface area contributed by atoms with Crippen molar-refractivity contribution in [2.45, 2.75) is 9.79 Å². The van der Waals surface area contributed by atoms with Gasteiger partial charge in [0.1, 0.15) is 6.26 Å². The molecule has 1 aliphatic heterocycles. The maximum Gasteiger partial charge on any atom is 0.259 e. The number of β-amino-alcohol motifs (C(OH)–C–C–N with tert-alkyl or cyclic N) is 1. The minimum Gasteiger partial charge on any atom is -0.472 e. The summed E-state index contributed by atoms with van der Waals surface area (Å²) in [5.74, 6) is -0.424. The third kappa shape index (κ3) is 3.34. The molecule has 0 fully saturated rings. The molecular weight excluding hydrogens is 364 g/mol. The van der Waals surface area contributed by atoms with Crippen LogP contribution in [0.4, 0.5) is 11.4 Å². The molecule has 0 aliphatic carbocycles. The van der Waals surface area contributed by atoms with Gasteiger partial charge >= 0.3 is 0 Å². The van der Waals surface area contributed by atoms with E-state index in [0.717, 1.165) is 9.79 Å². The number of rotatable bonds is 4. The lowest BCUT2D eigenvalue weighted by Crippen LogP contribution is -2.33. The fourth-order valence-electron chi connectivity index (χ4n) is 2.92. The summed E-state index contributed by atoms with van der Waals surface area (Å²) in [6, 6.07) is 14.3. The van der Waals surface area contributed by atoms with Crippen molar-refractivity contribution in [3.63, 3.8) is 0 Å². The largest absolute Gasteiger partial charge is 0.472 e. The second kappa shape index (κ2) is 7.30. The zero-order valence-corrected chi connectivity index (χ0v) is 15.0. The Morgan fingerprint density at radius 3 is 2.78 bits per heavy atom. The molecule has 7 heteroatoms. The number of hydrogen-bond acceptors (Lipinski definition) is 5. The zero-order chi connectivity index (χ0) is 18.8. The Balaban J connectivity index is 1.72. The number of aliphatic hydroxyl groups is 1. The smallest absolute Gasteiger partial charge is 0.259 e. The molecule has 4 rings (SSSR count). The van der Waals surface area contributed by atoms with Crippen LogP contribution < -0.4 is 10.2 Å². The highest BCUT2D eigenvalue weighted by Crippen LogP contribution is 2.42. The topological polar surface area (TPSA) is 82.8 Å². The first-order valence-corrected chi connectivity index (χ1v) is 9.16. The summed E-state index contributed by atoms with van der Waals surface area (Å²) in [5.41, 5.74) is 2.34. The molecule has 2 aromatic carbocycles. The van der Waals surface area contributed by atoms with Crippen molar-refractivity contribution >= 4 is 35.0 Å². The van der Waals surface area contributed by atoms with E-state index >= 15 is 0 Å². The number of benzene rings is 2. The molecule has 2 N–H and O–H groups in total. The second-order valence-electron chi connectivity index (χ2n) is 5.93. The van der Waals surface area contributed by atoms with Crippen molar-refractivity contribution in [1.82, 2.24) is 0 Å². The SMILES string of the molecule is O=C(Nc1ccc2c(c1)Sc1ccccc1C(=O)N2CCO)c1ccoc1. The molecule has 0 saturated heterocycles. The first-order chi connectivity index (χ1) is 13.2. The van der Waals surface area contributed by atoms with Crippen LogP contribution in [0, 0.1) is 0 Å². The number of anilines is 2. The molecule has 2 amide bonds. The van der Waals surface area contributed by atoms with Gasteiger partial charge in [-0.2, -0.15) is 0 Å². The van der Waals surface area contributed by atoms with Gasteiger partial charge < -0.3 is 19.7 Å². The van der Waals surface area contributed by atoms with Crippen LogP contribution in [-0.2, 0) is 0 Å². The maximum absolute atomic E-state index is 12.9. The third-order valence-corrected chi connectivity index (χ3v) is 5.32. The van der Waals surface area contributed by atoms with Crippen LogP contribution >= 0.6 is 11.8 Å². The van der Waals surface area contributed by atoms with Crippen LogP contribution in [0.3, 0.4) is 0 Å². The lowest BCUT2D eigenvalue weighted by atomic mass is 10.1. The van der Waals surface area contributed by atoms with E-state index in [0.29, 0.717) is 22.5 Å². The van der Waals surface area contributed by atoms with Gasteiger partial charge in [-0.05, 0) is 36.4 Å². The molecule has 0 spiro atoms. The first kappa shape index (κ1) is 17.4. The van der Waals surface area contributed by atoms with Crippen LogP contribution in [-0.4, -0.2) is 30.1 Å². The molecule has 0 radical (unpaired) electrons. The summed E-state index contributed by atoms with van der Waals surface area (Å²) < 4.78 is 4.94. The maximum atomic E-state index is 12.9. The Bertz CT molecular complexity index is 1000. The number of fused-ring (bicyclic) bond motifs is 2. The number of carbonyl (C=O) groups excluding carboxylic acids is 2. The fraction of sp³-hybridized carbons (Fsp3) is 0.100. The third-order valence-electron chi connectivity index (χ3n) is 4.20. The van der Waals surface area contributed by atoms with Gasteiger partial charge in [0.05, 0.1) is 29.7 Å². The van der Waals surface area contributed by atoms with Gasteiger partial charge in [0.15, 0.2) is 0 Å². The highest BCUT2D eigenvalue weighted by molar-refractivity contribution is 7.99.